The Hall–Kier alpha value is -3.71. The molecule has 182 valence electrons. The number of amides is 3. The number of nitrogens with two attached hydrogens (primary N) is 1. The second kappa shape index (κ2) is 13.0. The number of carboxylic acid groups (broad SMARTS) is 2. The van der Waals surface area contributed by atoms with Gasteiger partial charge < -0.3 is 42.1 Å². The van der Waals surface area contributed by atoms with Crippen molar-refractivity contribution in [2.45, 2.75) is 50.4 Å². The summed E-state index contributed by atoms with van der Waals surface area (Å²) < 4.78 is 0. The number of aliphatic hydroxyl groups is 1. The molecule has 0 aliphatic heterocycles. The zero-order chi connectivity index (χ0) is 25.1. The van der Waals surface area contributed by atoms with E-state index < -0.39 is 60.4 Å². The largest absolute Gasteiger partial charge is 0.508 e. The summed E-state index contributed by atoms with van der Waals surface area (Å²) in [6.45, 7) is 0.456. The summed E-state index contributed by atoms with van der Waals surface area (Å²) in [5.41, 5.74) is 6.09. The third kappa shape index (κ3) is 9.53. The lowest BCUT2D eigenvalue weighted by molar-refractivity contribution is -0.142. The highest BCUT2D eigenvalue weighted by Gasteiger charge is 2.28. The summed E-state index contributed by atoms with van der Waals surface area (Å²) in [6, 6.07) is 0.519. The Bertz CT molecular complexity index is 860. The van der Waals surface area contributed by atoms with E-state index in [4.69, 9.17) is 10.8 Å². The Kier molecular flexibility index (Phi) is 10.7. The normalized spacial score (nSPS) is 14.3. The van der Waals surface area contributed by atoms with Crippen molar-refractivity contribution in [3.05, 3.63) is 29.8 Å². The lowest BCUT2D eigenvalue weighted by Gasteiger charge is -2.22. The SMILES string of the molecule is CC(NC(=O)C(CO)NC(=O)C(N)CCC(=O)O)C(=O)NC(Cc1ccc(O)cc1)C(=O)O. The minimum absolute atomic E-state index is 0.000587. The van der Waals surface area contributed by atoms with Gasteiger partial charge in [0.1, 0.15) is 23.9 Å². The van der Waals surface area contributed by atoms with Gasteiger partial charge in [-0.25, -0.2) is 4.79 Å². The molecule has 0 bridgehead atoms. The van der Waals surface area contributed by atoms with Gasteiger partial charge in [0.15, 0.2) is 0 Å². The minimum atomic E-state index is -1.46. The number of aliphatic hydroxyl groups excluding tert-OH is 1. The molecular formula is C20H28N4O9. The van der Waals surface area contributed by atoms with Crippen LogP contribution in [0.2, 0.25) is 0 Å². The first-order valence-corrected chi connectivity index (χ1v) is 9.94. The Morgan fingerprint density at radius 1 is 0.909 bits per heavy atom. The standard InChI is InChI=1S/C20H28N4O9/c1-10(17(29)23-14(20(32)33)8-11-2-4-12(26)5-3-11)22-19(31)15(9-25)24-18(30)13(21)6-7-16(27)28/h2-5,10,13-15,25-26H,6-9,21H2,1H3,(H,22,31)(H,23,29)(H,24,30)(H,27,28)(H,32,33). The number of phenols is 1. The molecule has 13 heteroatoms. The Balaban J connectivity index is 2.67. The summed E-state index contributed by atoms with van der Waals surface area (Å²) in [5, 5.41) is 43.4. The van der Waals surface area contributed by atoms with Gasteiger partial charge in [-0.15, -0.1) is 0 Å². The predicted octanol–water partition coefficient (Wildman–Crippen LogP) is -2.32. The fourth-order valence-corrected chi connectivity index (χ4v) is 2.63. The topological polar surface area (TPSA) is 228 Å². The number of rotatable bonds is 13. The Morgan fingerprint density at radius 2 is 1.48 bits per heavy atom. The predicted molar refractivity (Wildman–Crippen MR) is 113 cm³/mol. The van der Waals surface area contributed by atoms with Gasteiger partial charge in [0.25, 0.3) is 0 Å². The molecule has 33 heavy (non-hydrogen) atoms. The van der Waals surface area contributed by atoms with Crippen LogP contribution < -0.4 is 21.7 Å². The lowest BCUT2D eigenvalue weighted by atomic mass is 10.1. The van der Waals surface area contributed by atoms with Crippen molar-refractivity contribution in [3.63, 3.8) is 0 Å². The molecule has 0 fully saturated rings. The zero-order valence-corrected chi connectivity index (χ0v) is 17.9. The van der Waals surface area contributed by atoms with Crippen LogP contribution in [0.3, 0.4) is 0 Å². The molecule has 0 saturated heterocycles. The molecule has 0 aromatic heterocycles. The Labute approximate surface area is 189 Å². The summed E-state index contributed by atoms with van der Waals surface area (Å²) in [5.74, 6) is -5.08. The molecule has 1 aromatic carbocycles. The highest BCUT2D eigenvalue weighted by Crippen LogP contribution is 2.11. The molecule has 1 rings (SSSR count). The number of aromatic hydroxyl groups is 1. The van der Waals surface area contributed by atoms with Crippen molar-refractivity contribution in [1.29, 1.82) is 0 Å². The first kappa shape index (κ1) is 27.3. The van der Waals surface area contributed by atoms with Gasteiger partial charge in [0.05, 0.1) is 12.6 Å². The molecule has 9 N–H and O–H groups in total. The van der Waals surface area contributed by atoms with E-state index >= 15 is 0 Å². The number of carbonyl (C=O) groups is 5. The van der Waals surface area contributed by atoms with E-state index in [0.29, 0.717) is 5.56 Å². The number of carboxylic acids is 2. The first-order chi connectivity index (χ1) is 15.4. The molecule has 4 unspecified atom stereocenters. The highest BCUT2D eigenvalue weighted by atomic mass is 16.4. The zero-order valence-electron chi connectivity index (χ0n) is 17.9. The van der Waals surface area contributed by atoms with Crippen LogP contribution in [0.1, 0.15) is 25.3 Å². The third-order valence-corrected chi connectivity index (χ3v) is 4.56. The lowest BCUT2D eigenvalue weighted by Crippen LogP contribution is -2.57. The molecule has 0 saturated carbocycles. The third-order valence-electron chi connectivity index (χ3n) is 4.56. The maximum absolute atomic E-state index is 12.4. The van der Waals surface area contributed by atoms with E-state index in [9.17, 15) is 39.3 Å². The molecule has 0 aliphatic carbocycles. The smallest absolute Gasteiger partial charge is 0.326 e. The number of phenolic OH excluding ortho intramolecular Hbond substituents is 1. The molecule has 0 heterocycles. The summed E-state index contributed by atoms with van der Waals surface area (Å²) >= 11 is 0. The van der Waals surface area contributed by atoms with E-state index in [-0.39, 0.29) is 25.0 Å². The second-order valence-corrected chi connectivity index (χ2v) is 7.28. The van der Waals surface area contributed by atoms with Crippen LogP contribution in [0.15, 0.2) is 24.3 Å². The summed E-state index contributed by atoms with van der Waals surface area (Å²) in [4.78, 5) is 58.7. The fraction of sp³-hybridized carbons (Fsp3) is 0.450. The van der Waals surface area contributed by atoms with Crippen molar-refractivity contribution in [1.82, 2.24) is 16.0 Å². The van der Waals surface area contributed by atoms with Gasteiger partial charge in [-0.1, -0.05) is 12.1 Å². The average molecular weight is 468 g/mol. The average Bonchev–Trinajstić information content (AvgIpc) is 2.75. The fourth-order valence-electron chi connectivity index (χ4n) is 2.63. The minimum Gasteiger partial charge on any atom is -0.508 e. The van der Waals surface area contributed by atoms with Crippen molar-refractivity contribution in [2.24, 2.45) is 5.73 Å². The van der Waals surface area contributed by atoms with Gasteiger partial charge in [-0.2, -0.15) is 0 Å². The van der Waals surface area contributed by atoms with Crippen molar-refractivity contribution in [2.75, 3.05) is 6.61 Å². The highest BCUT2D eigenvalue weighted by molar-refractivity contribution is 5.94. The second-order valence-electron chi connectivity index (χ2n) is 7.28. The quantitative estimate of drug-likeness (QED) is 0.154. The van der Waals surface area contributed by atoms with Crippen LogP contribution >= 0.6 is 0 Å². The molecule has 0 spiro atoms. The molecule has 3 amide bonds. The molecule has 0 aliphatic rings. The van der Waals surface area contributed by atoms with Gasteiger partial charge in [-0.3, -0.25) is 19.2 Å². The van der Waals surface area contributed by atoms with Gasteiger partial charge in [0.2, 0.25) is 17.7 Å². The maximum Gasteiger partial charge on any atom is 0.326 e. The van der Waals surface area contributed by atoms with Crippen LogP contribution in [0.5, 0.6) is 5.75 Å². The number of nitrogens with one attached hydrogen (secondary N) is 3. The van der Waals surface area contributed by atoms with Crippen LogP contribution in [-0.2, 0) is 30.4 Å². The van der Waals surface area contributed by atoms with Crippen molar-refractivity contribution >= 4 is 29.7 Å². The Morgan fingerprint density at radius 3 is 2.00 bits per heavy atom. The van der Waals surface area contributed by atoms with Crippen molar-refractivity contribution in [3.8, 4) is 5.75 Å². The van der Waals surface area contributed by atoms with E-state index in [2.05, 4.69) is 16.0 Å². The maximum atomic E-state index is 12.4. The van der Waals surface area contributed by atoms with E-state index in [1.165, 1.54) is 31.2 Å². The first-order valence-electron chi connectivity index (χ1n) is 9.94. The van der Waals surface area contributed by atoms with Gasteiger partial charge in [0, 0.05) is 12.8 Å². The number of benzene rings is 1. The summed E-state index contributed by atoms with van der Waals surface area (Å²) in [7, 11) is 0. The number of hydrogen-bond donors (Lipinski definition) is 8. The van der Waals surface area contributed by atoms with Gasteiger partial charge in [-0.05, 0) is 31.0 Å². The van der Waals surface area contributed by atoms with Crippen LogP contribution in [0.4, 0.5) is 0 Å². The molecule has 4 atom stereocenters. The number of hydrogen-bond acceptors (Lipinski definition) is 8. The van der Waals surface area contributed by atoms with Crippen LogP contribution in [0, 0.1) is 0 Å². The molecular weight excluding hydrogens is 440 g/mol. The van der Waals surface area contributed by atoms with E-state index in [1.54, 1.807) is 0 Å². The molecule has 1 aromatic rings. The van der Waals surface area contributed by atoms with Crippen molar-refractivity contribution < 1.29 is 44.4 Å². The number of carbonyl (C=O) groups excluding carboxylic acids is 3. The van der Waals surface area contributed by atoms with Gasteiger partial charge >= 0.3 is 11.9 Å². The molecule has 13 nitrogen and oxygen atoms in total. The molecule has 0 radical (unpaired) electrons. The van der Waals surface area contributed by atoms with E-state index in [0.717, 1.165) is 0 Å². The van der Waals surface area contributed by atoms with Crippen LogP contribution in [-0.4, -0.2) is 80.9 Å². The number of aliphatic carboxylic acids is 2. The monoisotopic (exact) mass is 468 g/mol. The van der Waals surface area contributed by atoms with E-state index in [1.807, 2.05) is 0 Å². The summed E-state index contributed by atoms with van der Waals surface area (Å²) in [6.07, 6.45) is -0.625. The van der Waals surface area contributed by atoms with Crippen LogP contribution in [0.25, 0.3) is 0 Å².